The SMILES string of the molecule is CN(CCCOC1CCNCC1)Cc1ccccc1. The second-order valence-electron chi connectivity index (χ2n) is 5.40. The molecule has 0 atom stereocenters. The van der Waals surface area contributed by atoms with Crippen molar-refractivity contribution in [3.8, 4) is 0 Å². The Labute approximate surface area is 116 Å². The highest BCUT2D eigenvalue weighted by molar-refractivity contribution is 5.14. The minimum Gasteiger partial charge on any atom is -0.378 e. The molecule has 1 heterocycles. The number of hydrogen-bond donors (Lipinski definition) is 1. The first-order valence-corrected chi connectivity index (χ1v) is 7.39. The van der Waals surface area contributed by atoms with Gasteiger partial charge in [-0.15, -0.1) is 0 Å². The summed E-state index contributed by atoms with van der Waals surface area (Å²) in [6, 6.07) is 10.6. The van der Waals surface area contributed by atoms with Crippen LogP contribution in [-0.4, -0.2) is 44.3 Å². The molecule has 1 aliphatic rings. The molecule has 0 amide bonds. The normalized spacial score (nSPS) is 16.9. The van der Waals surface area contributed by atoms with Crippen LogP contribution in [0.4, 0.5) is 0 Å². The van der Waals surface area contributed by atoms with E-state index in [2.05, 4.69) is 47.6 Å². The Balaban J connectivity index is 1.55. The van der Waals surface area contributed by atoms with E-state index in [4.69, 9.17) is 4.74 Å². The third-order valence-corrected chi connectivity index (χ3v) is 3.62. The Morgan fingerprint density at radius 3 is 2.68 bits per heavy atom. The molecule has 1 N–H and O–H groups in total. The molecular weight excluding hydrogens is 236 g/mol. The summed E-state index contributed by atoms with van der Waals surface area (Å²) in [6.07, 6.45) is 3.94. The summed E-state index contributed by atoms with van der Waals surface area (Å²) in [5.41, 5.74) is 1.38. The third-order valence-electron chi connectivity index (χ3n) is 3.62. The molecule has 1 fully saturated rings. The van der Waals surface area contributed by atoms with Gasteiger partial charge in [-0.25, -0.2) is 0 Å². The quantitative estimate of drug-likeness (QED) is 0.763. The molecule has 0 bridgehead atoms. The molecule has 1 saturated heterocycles. The van der Waals surface area contributed by atoms with E-state index < -0.39 is 0 Å². The second kappa shape index (κ2) is 8.31. The Hall–Kier alpha value is -0.900. The molecule has 0 spiro atoms. The van der Waals surface area contributed by atoms with E-state index in [0.717, 1.165) is 39.2 Å². The van der Waals surface area contributed by atoms with Crippen molar-refractivity contribution in [3.63, 3.8) is 0 Å². The average Bonchev–Trinajstić information content (AvgIpc) is 2.46. The molecule has 106 valence electrons. The summed E-state index contributed by atoms with van der Waals surface area (Å²) in [4.78, 5) is 2.36. The summed E-state index contributed by atoms with van der Waals surface area (Å²) in [7, 11) is 2.18. The number of nitrogens with one attached hydrogen (secondary N) is 1. The van der Waals surface area contributed by atoms with E-state index in [1.807, 2.05) is 0 Å². The lowest BCUT2D eigenvalue weighted by Crippen LogP contribution is -2.33. The zero-order chi connectivity index (χ0) is 13.3. The molecule has 19 heavy (non-hydrogen) atoms. The fourth-order valence-electron chi connectivity index (χ4n) is 2.52. The molecule has 0 aromatic heterocycles. The lowest BCUT2D eigenvalue weighted by atomic mass is 10.1. The molecule has 1 aliphatic heterocycles. The van der Waals surface area contributed by atoms with E-state index in [-0.39, 0.29) is 0 Å². The van der Waals surface area contributed by atoms with E-state index in [9.17, 15) is 0 Å². The molecule has 2 rings (SSSR count). The van der Waals surface area contributed by atoms with Gasteiger partial charge in [-0.05, 0) is 45.0 Å². The van der Waals surface area contributed by atoms with E-state index in [0.29, 0.717) is 6.10 Å². The van der Waals surface area contributed by atoms with Gasteiger partial charge in [0.25, 0.3) is 0 Å². The first-order chi connectivity index (χ1) is 9.34. The maximum absolute atomic E-state index is 5.92. The van der Waals surface area contributed by atoms with Crippen molar-refractivity contribution < 1.29 is 4.74 Å². The molecule has 0 radical (unpaired) electrons. The first-order valence-electron chi connectivity index (χ1n) is 7.39. The van der Waals surface area contributed by atoms with Gasteiger partial charge in [-0.2, -0.15) is 0 Å². The summed E-state index contributed by atoms with van der Waals surface area (Å²) >= 11 is 0. The molecular formula is C16H26N2O. The van der Waals surface area contributed by atoms with Gasteiger partial charge in [0.15, 0.2) is 0 Å². The maximum atomic E-state index is 5.92. The van der Waals surface area contributed by atoms with Gasteiger partial charge in [0.1, 0.15) is 0 Å². The van der Waals surface area contributed by atoms with Crippen LogP contribution in [0, 0.1) is 0 Å². The topological polar surface area (TPSA) is 24.5 Å². The Bertz CT molecular complexity index is 336. The molecule has 3 nitrogen and oxygen atoms in total. The van der Waals surface area contributed by atoms with Crippen LogP contribution >= 0.6 is 0 Å². The van der Waals surface area contributed by atoms with Crippen LogP contribution in [0.2, 0.25) is 0 Å². The highest BCUT2D eigenvalue weighted by Crippen LogP contribution is 2.08. The molecule has 1 aromatic rings. The van der Waals surface area contributed by atoms with Crippen molar-refractivity contribution in [2.24, 2.45) is 0 Å². The van der Waals surface area contributed by atoms with Gasteiger partial charge in [-0.1, -0.05) is 30.3 Å². The highest BCUT2D eigenvalue weighted by Gasteiger charge is 2.12. The zero-order valence-corrected chi connectivity index (χ0v) is 12.0. The number of piperidine rings is 1. The van der Waals surface area contributed by atoms with Crippen LogP contribution in [0.3, 0.4) is 0 Å². The molecule has 1 aromatic carbocycles. The van der Waals surface area contributed by atoms with Crippen LogP contribution in [0.1, 0.15) is 24.8 Å². The number of nitrogens with zero attached hydrogens (tertiary/aromatic N) is 1. The van der Waals surface area contributed by atoms with Crippen molar-refractivity contribution >= 4 is 0 Å². The lowest BCUT2D eigenvalue weighted by Gasteiger charge is -2.23. The van der Waals surface area contributed by atoms with Crippen LogP contribution < -0.4 is 5.32 Å². The van der Waals surface area contributed by atoms with Crippen molar-refractivity contribution in [1.82, 2.24) is 10.2 Å². The number of ether oxygens (including phenoxy) is 1. The van der Waals surface area contributed by atoms with Crippen LogP contribution in [-0.2, 0) is 11.3 Å². The third kappa shape index (κ3) is 5.72. The van der Waals surface area contributed by atoms with Gasteiger partial charge in [0, 0.05) is 19.7 Å². The van der Waals surface area contributed by atoms with Crippen molar-refractivity contribution in [2.75, 3.05) is 33.3 Å². The summed E-state index contributed by atoms with van der Waals surface area (Å²) < 4.78 is 5.92. The standard InChI is InChI=1S/C16H26N2O/c1-18(14-15-6-3-2-4-7-15)12-5-13-19-16-8-10-17-11-9-16/h2-4,6-7,16-17H,5,8-14H2,1H3. The fourth-order valence-corrected chi connectivity index (χ4v) is 2.52. The smallest absolute Gasteiger partial charge is 0.0599 e. The summed E-state index contributed by atoms with van der Waals surface area (Å²) in [6.45, 7) is 5.23. The van der Waals surface area contributed by atoms with Crippen molar-refractivity contribution in [2.45, 2.75) is 31.9 Å². The predicted octanol–water partition coefficient (Wildman–Crippen LogP) is 2.28. The largest absolute Gasteiger partial charge is 0.378 e. The van der Waals surface area contributed by atoms with Gasteiger partial charge in [-0.3, -0.25) is 0 Å². The van der Waals surface area contributed by atoms with Crippen LogP contribution in [0.25, 0.3) is 0 Å². The minimum atomic E-state index is 0.487. The monoisotopic (exact) mass is 262 g/mol. The zero-order valence-electron chi connectivity index (χ0n) is 12.0. The van der Waals surface area contributed by atoms with Crippen LogP contribution in [0.15, 0.2) is 30.3 Å². The van der Waals surface area contributed by atoms with Gasteiger partial charge in [0.05, 0.1) is 6.10 Å². The first kappa shape index (κ1) is 14.5. The summed E-state index contributed by atoms with van der Waals surface area (Å²) in [5.74, 6) is 0. The molecule has 0 aliphatic carbocycles. The number of benzene rings is 1. The summed E-state index contributed by atoms with van der Waals surface area (Å²) in [5, 5.41) is 3.36. The maximum Gasteiger partial charge on any atom is 0.0599 e. The Morgan fingerprint density at radius 1 is 1.21 bits per heavy atom. The fraction of sp³-hybridized carbons (Fsp3) is 0.625. The highest BCUT2D eigenvalue weighted by atomic mass is 16.5. The van der Waals surface area contributed by atoms with Gasteiger partial charge < -0.3 is 15.0 Å². The van der Waals surface area contributed by atoms with Gasteiger partial charge >= 0.3 is 0 Å². The molecule has 0 saturated carbocycles. The predicted molar refractivity (Wildman–Crippen MR) is 79.2 cm³/mol. The van der Waals surface area contributed by atoms with E-state index in [1.54, 1.807) is 0 Å². The van der Waals surface area contributed by atoms with Crippen LogP contribution in [0.5, 0.6) is 0 Å². The molecule has 3 heteroatoms. The van der Waals surface area contributed by atoms with E-state index >= 15 is 0 Å². The Morgan fingerprint density at radius 2 is 1.95 bits per heavy atom. The van der Waals surface area contributed by atoms with Crippen molar-refractivity contribution in [3.05, 3.63) is 35.9 Å². The van der Waals surface area contributed by atoms with Gasteiger partial charge in [0.2, 0.25) is 0 Å². The van der Waals surface area contributed by atoms with Crippen molar-refractivity contribution in [1.29, 1.82) is 0 Å². The minimum absolute atomic E-state index is 0.487. The second-order valence-corrected chi connectivity index (χ2v) is 5.40. The van der Waals surface area contributed by atoms with E-state index in [1.165, 1.54) is 18.4 Å². The Kier molecular flexibility index (Phi) is 6.34. The number of hydrogen-bond acceptors (Lipinski definition) is 3. The lowest BCUT2D eigenvalue weighted by molar-refractivity contribution is 0.0284. The number of rotatable bonds is 7. The average molecular weight is 262 g/mol. The molecule has 0 unspecified atom stereocenters.